The van der Waals surface area contributed by atoms with Gasteiger partial charge in [-0.25, -0.2) is 18.1 Å². The molecule has 1 atom stereocenters. The molecule has 1 fully saturated rings. The zero-order valence-electron chi connectivity index (χ0n) is 11.0. The molecule has 2 rings (SSSR count). The largest absolute Gasteiger partial charge is 0.326 e. The summed E-state index contributed by atoms with van der Waals surface area (Å²) in [6.45, 7) is 2.11. The second-order valence-electron chi connectivity index (χ2n) is 4.93. The molecular formula is C12H20N4O2S. The Hall–Kier alpha value is -1.02. The molecule has 1 unspecified atom stereocenters. The van der Waals surface area contributed by atoms with Crippen molar-refractivity contribution in [3.05, 3.63) is 23.9 Å². The van der Waals surface area contributed by atoms with Crippen LogP contribution >= 0.6 is 0 Å². The van der Waals surface area contributed by atoms with Crippen LogP contribution in [0.3, 0.4) is 0 Å². The molecule has 0 saturated carbocycles. The van der Waals surface area contributed by atoms with E-state index in [2.05, 4.69) is 14.6 Å². The van der Waals surface area contributed by atoms with E-state index in [1.54, 1.807) is 6.07 Å². The Labute approximate surface area is 114 Å². The lowest BCUT2D eigenvalue weighted by atomic mass is 10.1. The number of likely N-dealkylation sites (tertiary alicyclic amines) is 1. The molecule has 2 heterocycles. The summed E-state index contributed by atoms with van der Waals surface area (Å²) in [6.07, 6.45) is 3.37. The Morgan fingerprint density at radius 1 is 1.53 bits per heavy atom. The molecule has 1 aliphatic rings. The van der Waals surface area contributed by atoms with E-state index in [-0.39, 0.29) is 11.1 Å². The van der Waals surface area contributed by atoms with Gasteiger partial charge in [0.05, 0.1) is 0 Å². The van der Waals surface area contributed by atoms with Crippen molar-refractivity contribution in [1.82, 2.24) is 14.6 Å². The SMILES string of the molecule is CN1CCCC(NS(=O)(=O)c2ccc(CN)cn2)C1. The maximum atomic E-state index is 12.2. The first kappa shape index (κ1) is 14.4. The number of piperidine rings is 1. The number of pyridine rings is 1. The second-order valence-corrected chi connectivity index (χ2v) is 6.59. The van der Waals surface area contributed by atoms with Gasteiger partial charge in [-0.1, -0.05) is 6.07 Å². The molecule has 0 aliphatic carbocycles. The fraction of sp³-hybridized carbons (Fsp3) is 0.583. The number of nitrogens with one attached hydrogen (secondary N) is 1. The van der Waals surface area contributed by atoms with Gasteiger partial charge in [0.1, 0.15) is 0 Å². The van der Waals surface area contributed by atoms with E-state index in [1.807, 2.05) is 7.05 Å². The summed E-state index contributed by atoms with van der Waals surface area (Å²) in [6, 6.07) is 3.14. The zero-order valence-corrected chi connectivity index (χ0v) is 11.9. The average molecular weight is 284 g/mol. The monoisotopic (exact) mass is 284 g/mol. The standard InChI is InChI=1S/C12H20N4O2S/c1-16-6-2-3-11(9-16)15-19(17,18)12-5-4-10(7-13)8-14-12/h4-5,8,11,15H,2-3,6-7,9,13H2,1H3. The minimum absolute atomic E-state index is 0.0419. The molecule has 1 aromatic heterocycles. The smallest absolute Gasteiger partial charge is 0.258 e. The summed E-state index contributed by atoms with van der Waals surface area (Å²) in [5.74, 6) is 0. The molecule has 6 nitrogen and oxygen atoms in total. The van der Waals surface area contributed by atoms with Crippen molar-refractivity contribution in [2.24, 2.45) is 5.73 Å². The van der Waals surface area contributed by atoms with Crippen LogP contribution in [0.1, 0.15) is 18.4 Å². The van der Waals surface area contributed by atoms with Gasteiger partial charge in [0.15, 0.2) is 5.03 Å². The molecule has 0 amide bonds. The Kier molecular flexibility index (Phi) is 4.51. The highest BCUT2D eigenvalue weighted by Gasteiger charge is 2.24. The second kappa shape index (κ2) is 5.96. The molecule has 106 valence electrons. The predicted octanol–water partition coefficient (Wildman–Crippen LogP) is -0.0872. The van der Waals surface area contributed by atoms with Gasteiger partial charge in [0.2, 0.25) is 0 Å². The predicted molar refractivity (Wildman–Crippen MR) is 73.0 cm³/mol. The van der Waals surface area contributed by atoms with E-state index in [0.717, 1.165) is 31.5 Å². The fourth-order valence-corrected chi connectivity index (χ4v) is 3.42. The summed E-state index contributed by atoms with van der Waals surface area (Å²) < 4.78 is 27.1. The molecule has 0 bridgehead atoms. The van der Waals surface area contributed by atoms with E-state index in [9.17, 15) is 8.42 Å². The number of likely N-dealkylation sites (N-methyl/N-ethyl adjacent to an activating group) is 1. The lowest BCUT2D eigenvalue weighted by Crippen LogP contribution is -2.46. The maximum Gasteiger partial charge on any atom is 0.258 e. The molecule has 0 aromatic carbocycles. The van der Waals surface area contributed by atoms with Crippen LogP contribution in [0.2, 0.25) is 0 Å². The summed E-state index contributed by atoms with van der Waals surface area (Å²) >= 11 is 0. The number of rotatable bonds is 4. The van der Waals surface area contributed by atoms with Crippen LogP contribution in [0.15, 0.2) is 23.4 Å². The summed E-state index contributed by atoms with van der Waals surface area (Å²) in [4.78, 5) is 6.09. The zero-order chi connectivity index (χ0) is 13.9. The highest BCUT2D eigenvalue weighted by atomic mass is 32.2. The molecule has 7 heteroatoms. The van der Waals surface area contributed by atoms with Crippen LogP contribution in [0.25, 0.3) is 0 Å². The van der Waals surface area contributed by atoms with Gasteiger partial charge in [-0.15, -0.1) is 0 Å². The molecule has 0 spiro atoms. The third-order valence-corrected chi connectivity index (χ3v) is 4.69. The van der Waals surface area contributed by atoms with Crippen molar-refractivity contribution in [3.8, 4) is 0 Å². The molecule has 19 heavy (non-hydrogen) atoms. The van der Waals surface area contributed by atoms with Crippen molar-refractivity contribution < 1.29 is 8.42 Å². The third-order valence-electron chi connectivity index (χ3n) is 3.25. The third kappa shape index (κ3) is 3.73. The highest BCUT2D eigenvalue weighted by Crippen LogP contribution is 2.12. The van der Waals surface area contributed by atoms with E-state index < -0.39 is 10.0 Å². The summed E-state index contributed by atoms with van der Waals surface area (Å²) in [7, 11) is -1.54. The Balaban J connectivity index is 2.08. The molecule has 1 aliphatic heterocycles. The number of nitrogens with zero attached hydrogens (tertiary/aromatic N) is 2. The van der Waals surface area contributed by atoms with Gasteiger partial charge in [-0.2, -0.15) is 0 Å². The molecule has 1 saturated heterocycles. The van der Waals surface area contributed by atoms with E-state index >= 15 is 0 Å². The van der Waals surface area contributed by atoms with Gasteiger partial charge in [-0.3, -0.25) is 0 Å². The van der Waals surface area contributed by atoms with Crippen molar-refractivity contribution in [3.63, 3.8) is 0 Å². The van der Waals surface area contributed by atoms with Crippen LogP contribution in [-0.2, 0) is 16.6 Å². The normalized spacial score (nSPS) is 21.5. The number of sulfonamides is 1. The van der Waals surface area contributed by atoms with Crippen molar-refractivity contribution >= 4 is 10.0 Å². The van der Waals surface area contributed by atoms with Crippen LogP contribution in [0.5, 0.6) is 0 Å². The number of nitrogens with two attached hydrogens (primary N) is 1. The van der Waals surface area contributed by atoms with E-state index in [0.29, 0.717) is 6.54 Å². The first-order valence-electron chi connectivity index (χ1n) is 6.37. The quantitative estimate of drug-likeness (QED) is 0.807. The fourth-order valence-electron chi connectivity index (χ4n) is 2.23. The van der Waals surface area contributed by atoms with E-state index in [1.165, 1.54) is 12.3 Å². The summed E-state index contributed by atoms with van der Waals surface area (Å²) in [5, 5.41) is 0.0536. The van der Waals surface area contributed by atoms with Crippen LogP contribution in [-0.4, -0.2) is 44.5 Å². The van der Waals surface area contributed by atoms with Gasteiger partial charge >= 0.3 is 0 Å². The van der Waals surface area contributed by atoms with Crippen molar-refractivity contribution in [2.75, 3.05) is 20.1 Å². The Bertz CT molecular complexity index is 515. The number of aromatic nitrogens is 1. The minimum Gasteiger partial charge on any atom is -0.326 e. The topological polar surface area (TPSA) is 88.3 Å². The van der Waals surface area contributed by atoms with Gasteiger partial charge in [0, 0.05) is 25.3 Å². The maximum absolute atomic E-state index is 12.2. The van der Waals surface area contributed by atoms with Crippen LogP contribution < -0.4 is 10.5 Å². The Morgan fingerprint density at radius 2 is 2.32 bits per heavy atom. The number of hydrogen-bond acceptors (Lipinski definition) is 5. The molecule has 3 N–H and O–H groups in total. The van der Waals surface area contributed by atoms with Crippen LogP contribution in [0.4, 0.5) is 0 Å². The van der Waals surface area contributed by atoms with E-state index in [4.69, 9.17) is 5.73 Å². The Morgan fingerprint density at radius 3 is 2.89 bits per heavy atom. The highest BCUT2D eigenvalue weighted by molar-refractivity contribution is 7.89. The number of hydrogen-bond donors (Lipinski definition) is 2. The molecule has 0 radical (unpaired) electrons. The first-order valence-corrected chi connectivity index (χ1v) is 7.85. The minimum atomic E-state index is -3.54. The van der Waals surface area contributed by atoms with Gasteiger partial charge < -0.3 is 10.6 Å². The molecule has 1 aromatic rings. The first-order chi connectivity index (χ1) is 9.01. The average Bonchev–Trinajstić information content (AvgIpc) is 2.38. The summed E-state index contributed by atoms with van der Waals surface area (Å²) in [5.41, 5.74) is 6.28. The van der Waals surface area contributed by atoms with Gasteiger partial charge in [-0.05, 0) is 38.1 Å². The van der Waals surface area contributed by atoms with Crippen molar-refractivity contribution in [2.45, 2.75) is 30.5 Å². The lowest BCUT2D eigenvalue weighted by molar-refractivity contribution is 0.242. The van der Waals surface area contributed by atoms with Crippen LogP contribution in [0, 0.1) is 0 Å². The lowest BCUT2D eigenvalue weighted by Gasteiger charge is -2.29. The van der Waals surface area contributed by atoms with Gasteiger partial charge in [0.25, 0.3) is 10.0 Å². The molecular weight excluding hydrogens is 264 g/mol. The van der Waals surface area contributed by atoms with Crippen molar-refractivity contribution in [1.29, 1.82) is 0 Å².